The van der Waals surface area contributed by atoms with Crippen LogP contribution in [0.15, 0.2) is 54.9 Å². The minimum absolute atomic E-state index is 0.101. The number of benzene rings is 1. The minimum Gasteiger partial charge on any atom is -0.369 e. The van der Waals surface area contributed by atoms with Crippen LogP contribution in [0.2, 0.25) is 5.02 Å². The molecule has 6 heteroatoms. The van der Waals surface area contributed by atoms with Crippen LogP contribution in [-0.4, -0.2) is 66.0 Å². The summed E-state index contributed by atoms with van der Waals surface area (Å²) in [6.07, 6.45) is 9.27. The number of carbonyl (C=O) groups is 1. The lowest BCUT2D eigenvalue weighted by molar-refractivity contribution is -0.128. The normalized spacial score (nSPS) is 20.9. The molecule has 1 aromatic heterocycles. The number of aromatic nitrogens is 1. The molecular formula is C23H27ClN4O. The van der Waals surface area contributed by atoms with Gasteiger partial charge in [-0.05, 0) is 54.8 Å². The topological polar surface area (TPSA) is 39.7 Å². The molecule has 1 aromatic carbocycles. The highest BCUT2D eigenvalue weighted by atomic mass is 35.5. The smallest absolute Gasteiger partial charge is 0.246 e. The Hall–Kier alpha value is -2.37. The monoisotopic (exact) mass is 410 g/mol. The van der Waals surface area contributed by atoms with Gasteiger partial charge < -0.3 is 9.80 Å². The summed E-state index contributed by atoms with van der Waals surface area (Å²) in [5, 5.41) is 0.784. The van der Waals surface area contributed by atoms with Crippen molar-refractivity contribution in [3.8, 4) is 0 Å². The SMILES string of the molecule is O=C(/C=C/c1ccncc1)N1CCCC(N2CCN(c3cccc(Cl)c3)CC2)C1. The van der Waals surface area contributed by atoms with Crippen LogP contribution in [0, 0.1) is 0 Å². The standard InChI is InChI=1S/C23H27ClN4O/c24-20-3-1-4-21(17-20)26-13-15-27(16-14-26)22-5-2-12-28(18-22)23(29)7-6-19-8-10-25-11-9-19/h1,3-4,6-11,17,22H,2,5,12-16,18H2/b7-6+. The Balaban J connectivity index is 1.31. The zero-order valence-electron chi connectivity index (χ0n) is 16.6. The van der Waals surface area contributed by atoms with E-state index in [4.69, 9.17) is 11.6 Å². The van der Waals surface area contributed by atoms with Crippen molar-refractivity contribution in [2.75, 3.05) is 44.2 Å². The van der Waals surface area contributed by atoms with E-state index in [9.17, 15) is 4.79 Å². The predicted molar refractivity (Wildman–Crippen MR) is 118 cm³/mol. The molecule has 1 amide bonds. The first-order chi connectivity index (χ1) is 14.2. The summed E-state index contributed by atoms with van der Waals surface area (Å²) in [6.45, 7) is 5.69. The lowest BCUT2D eigenvalue weighted by atomic mass is 10.0. The second-order valence-corrected chi connectivity index (χ2v) is 8.13. The maximum atomic E-state index is 12.7. The van der Waals surface area contributed by atoms with E-state index >= 15 is 0 Å². The van der Waals surface area contributed by atoms with Crippen molar-refractivity contribution in [2.45, 2.75) is 18.9 Å². The molecule has 0 N–H and O–H groups in total. The van der Waals surface area contributed by atoms with Gasteiger partial charge in [-0.15, -0.1) is 0 Å². The van der Waals surface area contributed by atoms with E-state index in [1.54, 1.807) is 18.5 Å². The average molecular weight is 411 g/mol. The van der Waals surface area contributed by atoms with Gasteiger partial charge in [0.05, 0.1) is 0 Å². The first-order valence-electron chi connectivity index (χ1n) is 10.3. The Kier molecular flexibility index (Phi) is 6.47. The number of pyridine rings is 1. The Bertz CT molecular complexity index is 849. The number of carbonyl (C=O) groups excluding carboxylic acids is 1. The highest BCUT2D eigenvalue weighted by Gasteiger charge is 2.29. The minimum atomic E-state index is 0.101. The number of piperazine rings is 1. The largest absolute Gasteiger partial charge is 0.369 e. The summed E-state index contributed by atoms with van der Waals surface area (Å²) < 4.78 is 0. The number of halogens is 1. The van der Waals surface area contributed by atoms with Gasteiger partial charge in [0.15, 0.2) is 0 Å². The van der Waals surface area contributed by atoms with Gasteiger partial charge in [0.2, 0.25) is 5.91 Å². The Morgan fingerprint density at radius 2 is 1.86 bits per heavy atom. The molecule has 2 aliphatic rings. The molecule has 29 heavy (non-hydrogen) atoms. The number of hydrogen-bond acceptors (Lipinski definition) is 4. The number of rotatable bonds is 4. The van der Waals surface area contributed by atoms with Gasteiger partial charge in [-0.1, -0.05) is 17.7 Å². The highest BCUT2D eigenvalue weighted by molar-refractivity contribution is 6.30. The molecule has 0 radical (unpaired) electrons. The van der Waals surface area contributed by atoms with Crippen molar-refractivity contribution in [3.05, 3.63) is 65.5 Å². The molecule has 5 nitrogen and oxygen atoms in total. The van der Waals surface area contributed by atoms with Gasteiger partial charge in [-0.2, -0.15) is 0 Å². The quantitative estimate of drug-likeness (QED) is 0.722. The zero-order chi connectivity index (χ0) is 20.1. The average Bonchev–Trinajstić information content (AvgIpc) is 2.78. The molecule has 4 rings (SSSR count). The van der Waals surface area contributed by atoms with Crippen molar-refractivity contribution in [1.29, 1.82) is 0 Å². The molecule has 0 saturated carbocycles. The predicted octanol–water partition coefficient (Wildman–Crippen LogP) is 3.56. The van der Waals surface area contributed by atoms with Gasteiger partial charge in [-0.25, -0.2) is 0 Å². The van der Waals surface area contributed by atoms with Crippen molar-refractivity contribution in [1.82, 2.24) is 14.8 Å². The Morgan fingerprint density at radius 1 is 1.07 bits per heavy atom. The third kappa shape index (κ3) is 5.17. The summed E-state index contributed by atoms with van der Waals surface area (Å²) in [7, 11) is 0. The molecular weight excluding hydrogens is 384 g/mol. The van der Waals surface area contributed by atoms with Crippen LogP contribution < -0.4 is 4.90 Å². The van der Waals surface area contributed by atoms with Gasteiger partial charge in [0.25, 0.3) is 0 Å². The lowest BCUT2D eigenvalue weighted by Crippen LogP contribution is -2.55. The summed E-state index contributed by atoms with van der Waals surface area (Å²) in [5.41, 5.74) is 2.19. The first kappa shape index (κ1) is 19.9. The fraction of sp³-hybridized carbons (Fsp3) is 0.391. The van der Waals surface area contributed by atoms with E-state index in [-0.39, 0.29) is 5.91 Å². The molecule has 0 aliphatic carbocycles. The van der Waals surface area contributed by atoms with Crippen LogP contribution in [0.1, 0.15) is 18.4 Å². The van der Waals surface area contributed by atoms with E-state index in [0.29, 0.717) is 6.04 Å². The molecule has 1 atom stereocenters. The lowest BCUT2D eigenvalue weighted by Gasteiger charge is -2.43. The fourth-order valence-corrected chi connectivity index (χ4v) is 4.40. The number of nitrogens with zero attached hydrogens (tertiary/aromatic N) is 4. The van der Waals surface area contributed by atoms with E-state index in [1.807, 2.05) is 41.3 Å². The summed E-state index contributed by atoms with van der Waals surface area (Å²) in [4.78, 5) is 23.6. The maximum absolute atomic E-state index is 12.7. The van der Waals surface area contributed by atoms with Crippen LogP contribution in [-0.2, 0) is 4.79 Å². The molecule has 3 heterocycles. The van der Waals surface area contributed by atoms with Crippen molar-refractivity contribution in [2.24, 2.45) is 0 Å². The van der Waals surface area contributed by atoms with Gasteiger partial charge >= 0.3 is 0 Å². The van der Waals surface area contributed by atoms with Crippen LogP contribution in [0.5, 0.6) is 0 Å². The molecule has 1 unspecified atom stereocenters. The van der Waals surface area contributed by atoms with Crippen molar-refractivity contribution in [3.63, 3.8) is 0 Å². The summed E-state index contributed by atoms with van der Waals surface area (Å²) in [5.74, 6) is 0.101. The molecule has 2 aromatic rings. The van der Waals surface area contributed by atoms with Crippen LogP contribution in [0.4, 0.5) is 5.69 Å². The molecule has 2 aliphatic heterocycles. The number of anilines is 1. The van der Waals surface area contributed by atoms with Gasteiger partial charge in [0.1, 0.15) is 0 Å². The second kappa shape index (κ2) is 9.42. The number of piperidine rings is 1. The van der Waals surface area contributed by atoms with Crippen LogP contribution in [0.25, 0.3) is 6.08 Å². The maximum Gasteiger partial charge on any atom is 0.246 e. The fourth-order valence-electron chi connectivity index (χ4n) is 4.22. The third-order valence-corrected chi connectivity index (χ3v) is 6.07. The Labute approximate surface area is 177 Å². The van der Waals surface area contributed by atoms with E-state index in [1.165, 1.54) is 5.69 Å². The molecule has 0 spiro atoms. The number of likely N-dealkylation sites (tertiary alicyclic amines) is 1. The number of amides is 1. The molecule has 2 saturated heterocycles. The Morgan fingerprint density at radius 3 is 2.62 bits per heavy atom. The van der Waals surface area contributed by atoms with E-state index in [2.05, 4.69) is 20.9 Å². The summed E-state index contributed by atoms with van der Waals surface area (Å²) in [6, 6.07) is 12.3. The van der Waals surface area contributed by atoms with Crippen molar-refractivity contribution >= 4 is 29.3 Å². The molecule has 0 bridgehead atoms. The van der Waals surface area contributed by atoms with Gasteiger partial charge in [-0.3, -0.25) is 14.7 Å². The van der Waals surface area contributed by atoms with E-state index in [0.717, 1.165) is 62.7 Å². The number of hydrogen-bond donors (Lipinski definition) is 0. The highest BCUT2D eigenvalue weighted by Crippen LogP contribution is 2.23. The van der Waals surface area contributed by atoms with Crippen LogP contribution in [0.3, 0.4) is 0 Å². The van der Waals surface area contributed by atoms with Crippen LogP contribution >= 0.6 is 11.6 Å². The zero-order valence-corrected chi connectivity index (χ0v) is 17.3. The van der Waals surface area contributed by atoms with Crippen molar-refractivity contribution < 1.29 is 4.79 Å². The summed E-state index contributed by atoms with van der Waals surface area (Å²) >= 11 is 6.14. The first-order valence-corrected chi connectivity index (χ1v) is 10.7. The second-order valence-electron chi connectivity index (χ2n) is 7.70. The third-order valence-electron chi connectivity index (χ3n) is 5.84. The molecule has 152 valence electrons. The molecule has 2 fully saturated rings. The van der Waals surface area contributed by atoms with E-state index < -0.39 is 0 Å². The van der Waals surface area contributed by atoms with Gasteiger partial charge in [0, 0.05) is 74.5 Å².